The smallest absolute Gasteiger partial charge is 0.222 e. The summed E-state index contributed by atoms with van der Waals surface area (Å²) in [5.41, 5.74) is 6.74. The third-order valence-corrected chi connectivity index (χ3v) is 3.48. The lowest BCUT2D eigenvalue weighted by atomic mass is 10.1. The lowest BCUT2D eigenvalue weighted by Gasteiger charge is -2.20. The fourth-order valence-corrected chi connectivity index (χ4v) is 2.00. The van der Waals surface area contributed by atoms with Crippen LogP contribution >= 0.6 is 15.9 Å². The Morgan fingerprint density at radius 2 is 2.00 bits per heavy atom. The van der Waals surface area contributed by atoms with Crippen LogP contribution in [-0.2, 0) is 11.2 Å². The van der Waals surface area contributed by atoms with Crippen molar-refractivity contribution in [3.05, 3.63) is 34.3 Å². The van der Waals surface area contributed by atoms with Crippen molar-refractivity contribution in [2.75, 3.05) is 20.1 Å². The van der Waals surface area contributed by atoms with Gasteiger partial charge in [-0.25, -0.2) is 0 Å². The van der Waals surface area contributed by atoms with Gasteiger partial charge in [-0.1, -0.05) is 35.0 Å². The van der Waals surface area contributed by atoms with E-state index in [4.69, 9.17) is 5.73 Å². The molecule has 0 fully saturated rings. The Hall–Kier alpha value is -0.870. The van der Waals surface area contributed by atoms with Gasteiger partial charge in [0, 0.05) is 24.5 Å². The molecule has 18 heavy (non-hydrogen) atoms. The molecule has 3 nitrogen and oxygen atoms in total. The highest BCUT2D eigenvalue weighted by Crippen LogP contribution is 2.12. The molecule has 0 saturated carbocycles. The lowest BCUT2D eigenvalue weighted by molar-refractivity contribution is -0.130. The minimum Gasteiger partial charge on any atom is -0.345 e. The molecule has 1 rings (SSSR count). The van der Waals surface area contributed by atoms with Gasteiger partial charge < -0.3 is 10.6 Å². The second-order valence-electron chi connectivity index (χ2n) is 4.74. The van der Waals surface area contributed by atoms with Crippen LogP contribution in [0.15, 0.2) is 28.7 Å². The molecule has 0 aliphatic heterocycles. The van der Waals surface area contributed by atoms with Crippen LogP contribution < -0.4 is 5.73 Å². The Kier molecular flexibility index (Phi) is 6.36. The summed E-state index contributed by atoms with van der Waals surface area (Å²) in [4.78, 5) is 13.7. The summed E-state index contributed by atoms with van der Waals surface area (Å²) in [5.74, 6) is 0.532. The van der Waals surface area contributed by atoms with Crippen LogP contribution in [0.1, 0.15) is 18.9 Å². The number of benzene rings is 1. The van der Waals surface area contributed by atoms with E-state index in [0.717, 1.165) is 17.4 Å². The molecular formula is C14H21BrN2O. The van der Waals surface area contributed by atoms with E-state index in [9.17, 15) is 4.79 Å². The molecule has 1 unspecified atom stereocenters. The van der Waals surface area contributed by atoms with Gasteiger partial charge in [-0.3, -0.25) is 4.79 Å². The van der Waals surface area contributed by atoms with Crippen molar-refractivity contribution >= 4 is 21.8 Å². The molecule has 0 heterocycles. The van der Waals surface area contributed by atoms with Crippen LogP contribution in [0.4, 0.5) is 0 Å². The van der Waals surface area contributed by atoms with Crippen molar-refractivity contribution in [2.45, 2.75) is 19.8 Å². The van der Waals surface area contributed by atoms with Crippen molar-refractivity contribution in [1.29, 1.82) is 0 Å². The molecule has 1 amide bonds. The van der Waals surface area contributed by atoms with Crippen LogP contribution in [0.5, 0.6) is 0 Å². The topological polar surface area (TPSA) is 46.3 Å². The number of amides is 1. The van der Waals surface area contributed by atoms with Gasteiger partial charge in [0.05, 0.1) is 0 Å². The first kappa shape index (κ1) is 15.2. The number of aryl methyl sites for hydroxylation is 1. The van der Waals surface area contributed by atoms with Crippen molar-refractivity contribution in [3.63, 3.8) is 0 Å². The first-order valence-electron chi connectivity index (χ1n) is 6.21. The summed E-state index contributed by atoms with van der Waals surface area (Å²) in [7, 11) is 1.84. The molecule has 1 aromatic rings. The number of carbonyl (C=O) groups is 1. The van der Waals surface area contributed by atoms with E-state index >= 15 is 0 Å². The van der Waals surface area contributed by atoms with Gasteiger partial charge >= 0.3 is 0 Å². The molecular weight excluding hydrogens is 292 g/mol. The van der Waals surface area contributed by atoms with Gasteiger partial charge in [0.15, 0.2) is 0 Å². The number of hydrogen-bond donors (Lipinski definition) is 1. The zero-order valence-electron chi connectivity index (χ0n) is 11.0. The molecule has 0 aliphatic rings. The largest absolute Gasteiger partial charge is 0.345 e. The van der Waals surface area contributed by atoms with Crippen molar-refractivity contribution in [2.24, 2.45) is 11.7 Å². The molecule has 0 bridgehead atoms. The third kappa shape index (κ3) is 5.19. The fraction of sp³-hybridized carbons (Fsp3) is 0.500. The van der Waals surface area contributed by atoms with Gasteiger partial charge in [0.1, 0.15) is 0 Å². The second-order valence-corrected chi connectivity index (χ2v) is 5.66. The highest BCUT2D eigenvalue weighted by Gasteiger charge is 2.11. The van der Waals surface area contributed by atoms with Crippen LogP contribution in [-0.4, -0.2) is 30.9 Å². The predicted octanol–water partition coefficient (Wildman–Crippen LogP) is 2.43. The molecule has 4 heteroatoms. The Bertz CT molecular complexity index is 378. The zero-order chi connectivity index (χ0) is 13.5. The molecule has 0 aromatic heterocycles. The van der Waals surface area contributed by atoms with Gasteiger partial charge in [-0.2, -0.15) is 0 Å². The van der Waals surface area contributed by atoms with Crippen LogP contribution in [0.3, 0.4) is 0 Å². The Labute approximate surface area is 117 Å². The van der Waals surface area contributed by atoms with E-state index in [0.29, 0.717) is 18.9 Å². The molecule has 1 aromatic carbocycles. The first-order chi connectivity index (χ1) is 8.52. The maximum Gasteiger partial charge on any atom is 0.222 e. The number of halogens is 1. The molecule has 2 N–H and O–H groups in total. The normalized spacial score (nSPS) is 12.2. The van der Waals surface area contributed by atoms with Gasteiger partial charge in [-0.05, 0) is 36.6 Å². The SMILES string of the molecule is CC(CN)CN(C)C(=O)CCc1ccc(Br)cc1. The van der Waals surface area contributed by atoms with E-state index in [-0.39, 0.29) is 5.91 Å². The molecule has 0 aliphatic carbocycles. The lowest BCUT2D eigenvalue weighted by Crippen LogP contribution is -2.33. The third-order valence-electron chi connectivity index (χ3n) is 2.95. The van der Waals surface area contributed by atoms with E-state index in [1.807, 2.05) is 31.3 Å². The van der Waals surface area contributed by atoms with E-state index < -0.39 is 0 Å². The van der Waals surface area contributed by atoms with E-state index in [2.05, 4.69) is 22.9 Å². The number of carbonyl (C=O) groups excluding carboxylic acids is 1. The first-order valence-corrected chi connectivity index (χ1v) is 7.00. The average Bonchev–Trinajstić information content (AvgIpc) is 2.37. The van der Waals surface area contributed by atoms with Gasteiger partial charge in [0.2, 0.25) is 5.91 Å². The Balaban J connectivity index is 2.38. The summed E-state index contributed by atoms with van der Waals surface area (Å²) in [6.07, 6.45) is 1.34. The summed E-state index contributed by atoms with van der Waals surface area (Å²) in [6.45, 7) is 3.40. The van der Waals surface area contributed by atoms with Crippen molar-refractivity contribution in [3.8, 4) is 0 Å². The minimum atomic E-state index is 0.179. The summed E-state index contributed by atoms with van der Waals surface area (Å²) in [6, 6.07) is 8.08. The van der Waals surface area contributed by atoms with E-state index in [1.165, 1.54) is 5.56 Å². The van der Waals surface area contributed by atoms with Gasteiger partial charge in [0.25, 0.3) is 0 Å². The maximum atomic E-state index is 11.9. The molecule has 0 spiro atoms. The average molecular weight is 313 g/mol. The highest BCUT2D eigenvalue weighted by atomic mass is 79.9. The standard InChI is InChI=1S/C14H21BrN2O/c1-11(9-16)10-17(2)14(18)8-5-12-3-6-13(15)7-4-12/h3-4,6-7,11H,5,8-10,16H2,1-2H3. The second kappa shape index (κ2) is 7.54. The fourth-order valence-electron chi connectivity index (χ4n) is 1.74. The van der Waals surface area contributed by atoms with Crippen LogP contribution in [0.2, 0.25) is 0 Å². The van der Waals surface area contributed by atoms with Crippen LogP contribution in [0, 0.1) is 5.92 Å². The number of rotatable bonds is 6. The molecule has 1 atom stereocenters. The molecule has 0 saturated heterocycles. The summed E-state index contributed by atoms with van der Waals surface area (Å²) >= 11 is 3.40. The molecule has 100 valence electrons. The quantitative estimate of drug-likeness (QED) is 0.877. The number of hydrogen-bond acceptors (Lipinski definition) is 2. The Morgan fingerprint density at radius 3 is 2.56 bits per heavy atom. The highest BCUT2D eigenvalue weighted by molar-refractivity contribution is 9.10. The molecule has 0 radical (unpaired) electrons. The zero-order valence-corrected chi connectivity index (χ0v) is 12.6. The summed E-state index contributed by atoms with van der Waals surface area (Å²) in [5, 5.41) is 0. The predicted molar refractivity (Wildman–Crippen MR) is 78.3 cm³/mol. The maximum absolute atomic E-state index is 11.9. The van der Waals surface area contributed by atoms with Crippen molar-refractivity contribution in [1.82, 2.24) is 4.90 Å². The van der Waals surface area contributed by atoms with Gasteiger partial charge in [-0.15, -0.1) is 0 Å². The number of nitrogens with zero attached hydrogens (tertiary/aromatic N) is 1. The minimum absolute atomic E-state index is 0.179. The Morgan fingerprint density at radius 1 is 1.39 bits per heavy atom. The monoisotopic (exact) mass is 312 g/mol. The number of nitrogens with two attached hydrogens (primary N) is 1. The summed E-state index contributed by atoms with van der Waals surface area (Å²) < 4.78 is 1.06. The van der Waals surface area contributed by atoms with Crippen molar-refractivity contribution < 1.29 is 4.79 Å². The van der Waals surface area contributed by atoms with Crippen LogP contribution in [0.25, 0.3) is 0 Å². The van der Waals surface area contributed by atoms with E-state index in [1.54, 1.807) is 4.90 Å².